The van der Waals surface area contributed by atoms with Crippen molar-refractivity contribution in [2.24, 2.45) is 4.99 Å². The first-order valence-corrected chi connectivity index (χ1v) is 7.35. The van der Waals surface area contributed by atoms with E-state index < -0.39 is 22.7 Å². The molecule has 0 aliphatic carbocycles. The Hall–Kier alpha value is -3.62. The summed E-state index contributed by atoms with van der Waals surface area (Å²) >= 11 is 0. The van der Waals surface area contributed by atoms with E-state index in [1.54, 1.807) is 0 Å². The summed E-state index contributed by atoms with van der Waals surface area (Å²) < 4.78 is 31.8. The maximum absolute atomic E-state index is 13.5. The molecule has 0 radical (unpaired) electrons. The summed E-state index contributed by atoms with van der Waals surface area (Å²) in [4.78, 5) is 27.6. The average molecular weight is 359 g/mol. The SMILES string of the molecule is O=C(Oc1ccc([N+](=O)[O-])cc1)N1CN=CC=C1c1ccc(F)c(F)c1. The van der Waals surface area contributed by atoms with Crippen LogP contribution in [0.4, 0.5) is 19.3 Å². The minimum Gasteiger partial charge on any atom is -0.410 e. The minimum atomic E-state index is -1.05. The topological polar surface area (TPSA) is 85.0 Å². The van der Waals surface area contributed by atoms with Crippen LogP contribution in [0.15, 0.2) is 53.5 Å². The maximum Gasteiger partial charge on any atom is 0.421 e. The third-order valence-corrected chi connectivity index (χ3v) is 3.54. The fraction of sp³-hybridized carbons (Fsp3) is 0.0588. The molecule has 0 aromatic heterocycles. The molecule has 0 fully saturated rings. The molecule has 2 aromatic rings. The fourth-order valence-electron chi connectivity index (χ4n) is 2.27. The molecule has 0 spiro atoms. The number of nitrogens with zero attached hydrogens (tertiary/aromatic N) is 3. The number of carbonyl (C=O) groups is 1. The lowest BCUT2D eigenvalue weighted by molar-refractivity contribution is -0.384. The largest absolute Gasteiger partial charge is 0.421 e. The summed E-state index contributed by atoms with van der Waals surface area (Å²) in [5.41, 5.74) is 0.413. The van der Waals surface area contributed by atoms with Crippen LogP contribution in [0.1, 0.15) is 5.56 Å². The quantitative estimate of drug-likeness (QED) is 0.617. The van der Waals surface area contributed by atoms with Gasteiger partial charge >= 0.3 is 6.09 Å². The van der Waals surface area contributed by atoms with Crippen LogP contribution in [-0.4, -0.2) is 28.8 Å². The number of hydrogen-bond acceptors (Lipinski definition) is 5. The van der Waals surface area contributed by atoms with E-state index in [0.717, 1.165) is 17.0 Å². The first kappa shape index (κ1) is 17.2. The number of hydrogen-bond donors (Lipinski definition) is 0. The van der Waals surface area contributed by atoms with Crippen molar-refractivity contribution in [2.45, 2.75) is 0 Å². The van der Waals surface area contributed by atoms with Crippen LogP contribution in [0, 0.1) is 21.7 Å². The molecule has 9 heteroatoms. The zero-order valence-electron chi connectivity index (χ0n) is 13.1. The van der Waals surface area contributed by atoms with Gasteiger partial charge in [0.2, 0.25) is 0 Å². The van der Waals surface area contributed by atoms with E-state index in [2.05, 4.69) is 4.99 Å². The molecule has 0 unspecified atom stereocenters. The highest BCUT2D eigenvalue weighted by atomic mass is 19.2. The first-order chi connectivity index (χ1) is 12.5. The zero-order valence-corrected chi connectivity index (χ0v) is 13.1. The van der Waals surface area contributed by atoms with Gasteiger partial charge in [0.05, 0.1) is 10.6 Å². The van der Waals surface area contributed by atoms with Gasteiger partial charge in [-0.3, -0.25) is 20.0 Å². The van der Waals surface area contributed by atoms with Crippen molar-refractivity contribution >= 4 is 23.7 Å². The number of rotatable bonds is 3. The number of amides is 1. The molecule has 26 heavy (non-hydrogen) atoms. The van der Waals surface area contributed by atoms with Gasteiger partial charge in [-0.2, -0.15) is 0 Å². The van der Waals surface area contributed by atoms with Crippen molar-refractivity contribution in [3.8, 4) is 5.75 Å². The molecule has 1 aliphatic rings. The van der Waals surface area contributed by atoms with Crippen LogP contribution >= 0.6 is 0 Å². The van der Waals surface area contributed by atoms with Gasteiger partial charge in [0, 0.05) is 23.9 Å². The monoisotopic (exact) mass is 359 g/mol. The maximum atomic E-state index is 13.5. The predicted molar refractivity (Wildman–Crippen MR) is 88.7 cm³/mol. The van der Waals surface area contributed by atoms with Gasteiger partial charge in [-0.25, -0.2) is 13.6 Å². The summed E-state index contributed by atoms with van der Waals surface area (Å²) in [6, 6.07) is 8.21. The van der Waals surface area contributed by atoms with Gasteiger partial charge in [-0.15, -0.1) is 0 Å². The summed E-state index contributed by atoms with van der Waals surface area (Å²) in [7, 11) is 0. The highest BCUT2D eigenvalue weighted by Crippen LogP contribution is 2.25. The second-order valence-corrected chi connectivity index (χ2v) is 5.20. The first-order valence-electron chi connectivity index (χ1n) is 7.35. The van der Waals surface area contributed by atoms with Crippen LogP contribution < -0.4 is 4.74 Å². The van der Waals surface area contributed by atoms with Crippen LogP contribution in [0.3, 0.4) is 0 Å². The molecule has 0 atom stereocenters. The minimum absolute atomic E-state index is 0.0728. The van der Waals surface area contributed by atoms with Crippen LogP contribution in [0.25, 0.3) is 5.70 Å². The number of allylic oxidation sites excluding steroid dienone is 1. The summed E-state index contributed by atoms with van der Waals surface area (Å²) in [5.74, 6) is -1.95. The summed E-state index contributed by atoms with van der Waals surface area (Å²) in [6.45, 7) is -0.0728. The van der Waals surface area contributed by atoms with Gasteiger partial charge in [0.15, 0.2) is 11.6 Å². The van der Waals surface area contributed by atoms with E-state index in [-0.39, 0.29) is 29.4 Å². The Kier molecular flexibility index (Phi) is 4.70. The zero-order chi connectivity index (χ0) is 18.7. The Labute approximate surface area is 146 Å². The van der Waals surface area contributed by atoms with Crippen molar-refractivity contribution in [3.05, 3.63) is 75.9 Å². The predicted octanol–water partition coefficient (Wildman–Crippen LogP) is 3.76. The lowest BCUT2D eigenvalue weighted by atomic mass is 10.1. The molecule has 1 aliphatic heterocycles. The van der Waals surface area contributed by atoms with Crippen LogP contribution in [0.5, 0.6) is 5.75 Å². The molecule has 0 bridgehead atoms. The molecule has 0 N–H and O–H groups in total. The Bertz CT molecular complexity index is 926. The molecular formula is C17H11F2N3O4. The second kappa shape index (κ2) is 7.09. The highest BCUT2D eigenvalue weighted by Gasteiger charge is 2.23. The molecule has 1 heterocycles. The van der Waals surface area contributed by atoms with E-state index in [9.17, 15) is 23.7 Å². The van der Waals surface area contributed by atoms with Gasteiger partial charge < -0.3 is 4.74 Å². The van der Waals surface area contributed by atoms with E-state index >= 15 is 0 Å². The number of non-ortho nitro benzene ring substituents is 1. The smallest absolute Gasteiger partial charge is 0.410 e. The number of benzene rings is 2. The average Bonchev–Trinajstić information content (AvgIpc) is 2.64. The molecule has 0 saturated carbocycles. The number of nitro benzene ring substituents is 1. The van der Waals surface area contributed by atoms with Gasteiger partial charge in [0.1, 0.15) is 12.4 Å². The van der Waals surface area contributed by atoms with Crippen molar-refractivity contribution in [3.63, 3.8) is 0 Å². The lowest BCUT2D eigenvalue weighted by Gasteiger charge is -2.25. The molecule has 1 amide bonds. The normalized spacial score (nSPS) is 13.3. The number of nitro groups is 1. The van der Waals surface area contributed by atoms with Crippen molar-refractivity contribution in [2.75, 3.05) is 6.67 Å². The van der Waals surface area contributed by atoms with Crippen molar-refractivity contribution < 1.29 is 23.2 Å². The van der Waals surface area contributed by atoms with E-state index in [1.165, 1.54) is 42.6 Å². The fourth-order valence-corrected chi connectivity index (χ4v) is 2.27. The molecule has 132 valence electrons. The Morgan fingerprint density at radius 3 is 2.54 bits per heavy atom. The van der Waals surface area contributed by atoms with Crippen LogP contribution in [0.2, 0.25) is 0 Å². The van der Waals surface area contributed by atoms with Gasteiger partial charge in [-0.1, -0.05) is 0 Å². The summed E-state index contributed by atoms with van der Waals surface area (Å²) in [6.07, 6.45) is 2.09. The van der Waals surface area contributed by atoms with Gasteiger partial charge in [0.25, 0.3) is 5.69 Å². The lowest BCUT2D eigenvalue weighted by Crippen LogP contribution is -2.34. The molecular weight excluding hydrogens is 348 g/mol. The van der Waals surface area contributed by atoms with E-state index in [0.29, 0.717) is 0 Å². The number of ether oxygens (including phenoxy) is 1. The van der Waals surface area contributed by atoms with E-state index in [4.69, 9.17) is 4.74 Å². The Morgan fingerprint density at radius 1 is 1.15 bits per heavy atom. The third-order valence-electron chi connectivity index (χ3n) is 3.54. The number of carbonyl (C=O) groups excluding carboxylic acids is 1. The molecule has 7 nitrogen and oxygen atoms in total. The third kappa shape index (κ3) is 3.56. The summed E-state index contributed by atoms with van der Waals surface area (Å²) in [5, 5.41) is 10.6. The van der Waals surface area contributed by atoms with E-state index in [1.807, 2.05) is 0 Å². The molecule has 2 aromatic carbocycles. The number of halogens is 2. The van der Waals surface area contributed by atoms with Crippen molar-refractivity contribution in [1.82, 2.24) is 4.90 Å². The number of aliphatic imine (C=N–C) groups is 1. The Balaban J connectivity index is 1.81. The standard InChI is InChI=1S/C17H11F2N3O4/c18-14-6-1-11(9-15(14)19)16-7-8-20-10-21(16)17(23)26-13-4-2-12(3-5-13)22(24)25/h1-9H,10H2. The van der Waals surface area contributed by atoms with Crippen LogP contribution in [-0.2, 0) is 0 Å². The molecule has 0 saturated heterocycles. The second-order valence-electron chi connectivity index (χ2n) is 5.20. The Morgan fingerprint density at radius 2 is 1.88 bits per heavy atom. The highest BCUT2D eigenvalue weighted by molar-refractivity contribution is 5.92. The molecule has 3 rings (SSSR count). The van der Waals surface area contributed by atoms with Crippen molar-refractivity contribution in [1.29, 1.82) is 0 Å². The van der Waals surface area contributed by atoms with Gasteiger partial charge in [-0.05, 0) is 36.4 Å².